The van der Waals surface area contributed by atoms with Gasteiger partial charge in [-0.1, -0.05) is 85.0 Å². The van der Waals surface area contributed by atoms with Crippen molar-refractivity contribution in [1.82, 2.24) is 0 Å². The molecule has 3 unspecified atom stereocenters. The Balaban J connectivity index is 2.21. The van der Waals surface area contributed by atoms with Crippen molar-refractivity contribution >= 4 is 23.5 Å². The molecule has 1 rings (SSSR count). The Morgan fingerprint density at radius 1 is 0.900 bits per heavy atom. The summed E-state index contributed by atoms with van der Waals surface area (Å²) in [6.07, 6.45) is 11.3. The van der Waals surface area contributed by atoms with Crippen LogP contribution in [0.3, 0.4) is 0 Å². The van der Waals surface area contributed by atoms with E-state index in [2.05, 4.69) is 6.92 Å². The minimum absolute atomic E-state index is 0.00116. The van der Waals surface area contributed by atoms with Gasteiger partial charge in [0.25, 0.3) is 0 Å². The molecule has 1 aliphatic rings. The predicted octanol–water partition coefficient (Wildman–Crippen LogP) is 9.60. The maximum Gasteiger partial charge on any atom is 0.389 e. The van der Waals surface area contributed by atoms with E-state index in [9.17, 15) is 27.9 Å². The molecule has 0 aromatic heterocycles. The summed E-state index contributed by atoms with van der Waals surface area (Å²) in [5.41, 5.74) is -1.78. The molecule has 0 aromatic rings. The molecule has 0 spiro atoms. The van der Waals surface area contributed by atoms with Crippen LogP contribution in [0.5, 0.6) is 0 Å². The number of hydrogen-bond donors (Lipinski definition) is 1. The zero-order chi connectivity index (χ0) is 30.1. The Morgan fingerprint density at radius 3 is 2.15 bits per heavy atom. The second-order valence-electron chi connectivity index (χ2n) is 12.7. The van der Waals surface area contributed by atoms with Crippen molar-refractivity contribution in [2.24, 2.45) is 11.3 Å². The average molecular weight is 595 g/mol. The second kappa shape index (κ2) is 19.4. The van der Waals surface area contributed by atoms with Crippen LogP contribution < -0.4 is 0 Å². The monoisotopic (exact) mass is 594 g/mol. The number of rotatable bonds is 23. The molecule has 0 radical (unpaired) electrons. The van der Waals surface area contributed by atoms with Gasteiger partial charge in [0.2, 0.25) is 0 Å². The molecular weight excluding hydrogens is 537 g/mol. The summed E-state index contributed by atoms with van der Waals surface area (Å²) in [5.74, 6) is 0.553. The van der Waals surface area contributed by atoms with Crippen LogP contribution in [0.15, 0.2) is 0 Å². The number of halogens is 3. The predicted molar refractivity (Wildman–Crippen MR) is 160 cm³/mol. The Morgan fingerprint density at radius 2 is 1.50 bits per heavy atom. The van der Waals surface area contributed by atoms with Crippen molar-refractivity contribution in [1.29, 1.82) is 0 Å². The number of hydrogen-bond acceptors (Lipinski definition) is 5. The van der Waals surface area contributed by atoms with Gasteiger partial charge in [0, 0.05) is 36.2 Å². The smallest absolute Gasteiger partial charge is 0.389 e. The Labute approximate surface area is 246 Å². The van der Waals surface area contributed by atoms with Gasteiger partial charge >= 0.3 is 12.1 Å². The minimum atomic E-state index is -4.18. The molecule has 0 aliphatic heterocycles. The van der Waals surface area contributed by atoms with Crippen LogP contribution >= 0.6 is 11.8 Å². The van der Waals surface area contributed by atoms with Crippen molar-refractivity contribution < 1.29 is 32.6 Å². The van der Waals surface area contributed by atoms with Gasteiger partial charge in [-0.3, -0.25) is 9.59 Å². The molecule has 40 heavy (non-hydrogen) atoms. The number of carbonyl (C=O) groups is 2. The van der Waals surface area contributed by atoms with Crippen molar-refractivity contribution in [2.45, 2.75) is 167 Å². The number of alkyl halides is 3. The van der Waals surface area contributed by atoms with Crippen LogP contribution in [0, 0.1) is 11.3 Å². The number of carbonyl (C=O) groups excluding carboxylic acids is 2. The number of unbranched alkanes of at least 4 members (excludes halogenated alkanes) is 10. The summed E-state index contributed by atoms with van der Waals surface area (Å²) < 4.78 is 43.0. The Kier molecular flexibility index (Phi) is 18.1. The largest absolute Gasteiger partial charge is 0.466 e. The summed E-state index contributed by atoms with van der Waals surface area (Å²) in [6, 6.07) is 0. The number of ether oxygens (including phenoxy) is 1. The van der Waals surface area contributed by atoms with Crippen molar-refractivity contribution in [2.75, 3.05) is 12.4 Å². The van der Waals surface area contributed by atoms with E-state index in [1.165, 1.54) is 38.5 Å². The first-order chi connectivity index (χ1) is 18.8. The molecule has 0 amide bonds. The standard InChI is InChI=1S/C32H57F3O4S/c1-5-6-7-8-9-10-13-16-24-39-29(37)19-15-12-11-14-18-26-27(36)20-21-28(26)40-25-31(4,38)30(2,3)22-17-23-32(33,34)35/h26,28,38H,5-25H2,1-4H3. The summed E-state index contributed by atoms with van der Waals surface area (Å²) in [6.45, 7) is 8.11. The molecule has 4 nitrogen and oxygen atoms in total. The van der Waals surface area contributed by atoms with Gasteiger partial charge in [-0.05, 0) is 50.9 Å². The van der Waals surface area contributed by atoms with Gasteiger partial charge < -0.3 is 9.84 Å². The quantitative estimate of drug-likeness (QED) is 0.0943. The molecule has 3 atom stereocenters. The van der Waals surface area contributed by atoms with Crippen LogP contribution in [0.25, 0.3) is 0 Å². The summed E-state index contributed by atoms with van der Waals surface area (Å²) in [5, 5.41) is 11.3. The lowest BCUT2D eigenvalue weighted by Gasteiger charge is -2.41. The van der Waals surface area contributed by atoms with Gasteiger partial charge in [-0.2, -0.15) is 24.9 Å². The summed E-state index contributed by atoms with van der Waals surface area (Å²) in [4.78, 5) is 24.5. The zero-order valence-electron chi connectivity index (χ0n) is 25.7. The molecule has 236 valence electrons. The molecule has 1 N–H and O–H groups in total. The lowest BCUT2D eigenvalue weighted by molar-refractivity contribution is -0.144. The lowest BCUT2D eigenvalue weighted by Crippen LogP contribution is -2.45. The first-order valence-corrected chi connectivity index (χ1v) is 16.9. The molecule has 0 aromatic carbocycles. The van der Waals surface area contributed by atoms with Gasteiger partial charge in [0.05, 0.1) is 12.2 Å². The SMILES string of the molecule is CCCCCCCCCCOC(=O)CCCCCCC1C(=O)CCC1SCC(C)(O)C(C)(C)CCCC(F)(F)F. The van der Waals surface area contributed by atoms with Gasteiger partial charge in [-0.15, -0.1) is 0 Å². The van der Waals surface area contributed by atoms with Crippen LogP contribution in [-0.2, 0) is 14.3 Å². The van der Waals surface area contributed by atoms with E-state index in [-0.39, 0.29) is 29.3 Å². The number of esters is 1. The van der Waals surface area contributed by atoms with Crippen molar-refractivity contribution in [3.8, 4) is 0 Å². The number of ketones is 1. The molecular formula is C32H57F3O4S. The zero-order valence-corrected chi connectivity index (χ0v) is 26.5. The molecule has 0 heterocycles. The first-order valence-electron chi connectivity index (χ1n) is 15.9. The van der Waals surface area contributed by atoms with E-state index >= 15 is 0 Å². The topological polar surface area (TPSA) is 63.6 Å². The van der Waals surface area contributed by atoms with E-state index in [0.717, 1.165) is 51.4 Å². The van der Waals surface area contributed by atoms with Gasteiger partial charge in [-0.25, -0.2) is 0 Å². The minimum Gasteiger partial charge on any atom is -0.466 e. The lowest BCUT2D eigenvalue weighted by atomic mass is 9.73. The summed E-state index contributed by atoms with van der Waals surface area (Å²) in [7, 11) is 0. The van der Waals surface area contributed by atoms with Crippen LogP contribution in [-0.4, -0.2) is 46.2 Å². The van der Waals surface area contributed by atoms with Gasteiger partial charge in [0.15, 0.2) is 0 Å². The highest BCUT2D eigenvalue weighted by Gasteiger charge is 2.42. The molecule has 8 heteroatoms. The third-order valence-corrected chi connectivity index (χ3v) is 10.5. The fraction of sp³-hybridized carbons (Fsp3) is 0.938. The molecule has 1 fully saturated rings. The Hall–Kier alpha value is -0.760. The van der Waals surface area contributed by atoms with Crippen molar-refractivity contribution in [3.63, 3.8) is 0 Å². The molecule has 1 saturated carbocycles. The third-order valence-electron chi connectivity index (χ3n) is 8.74. The fourth-order valence-electron chi connectivity index (χ4n) is 5.37. The molecule has 0 bridgehead atoms. The third kappa shape index (κ3) is 16.0. The van der Waals surface area contributed by atoms with Crippen LogP contribution in [0.1, 0.15) is 150 Å². The van der Waals surface area contributed by atoms with E-state index in [4.69, 9.17) is 4.74 Å². The second-order valence-corrected chi connectivity index (χ2v) is 14.0. The van der Waals surface area contributed by atoms with Crippen LogP contribution in [0.2, 0.25) is 0 Å². The van der Waals surface area contributed by atoms with E-state index in [1.54, 1.807) is 18.7 Å². The van der Waals surface area contributed by atoms with E-state index in [0.29, 0.717) is 31.6 Å². The molecule has 1 aliphatic carbocycles. The highest BCUT2D eigenvalue weighted by atomic mass is 32.2. The molecule has 0 saturated heterocycles. The van der Waals surface area contributed by atoms with E-state index < -0.39 is 23.6 Å². The average Bonchev–Trinajstić information content (AvgIpc) is 3.22. The Bertz CT molecular complexity index is 709. The first kappa shape index (κ1) is 37.3. The number of thioether (sulfide) groups is 1. The highest BCUT2D eigenvalue weighted by Crippen LogP contribution is 2.43. The highest BCUT2D eigenvalue weighted by molar-refractivity contribution is 8.00. The number of aliphatic hydroxyl groups is 1. The van der Waals surface area contributed by atoms with Crippen LogP contribution in [0.4, 0.5) is 13.2 Å². The fourth-order valence-corrected chi connectivity index (χ4v) is 7.10. The van der Waals surface area contributed by atoms with Crippen molar-refractivity contribution in [3.05, 3.63) is 0 Å². The number of Topliss-reactive ketones (excluding diaryl/α,β-unsaturated/α-hetero) is 1. The van der Waals surface area contributed by atoms with Gasteiger partial charge in [0.1, 0.15) is 5.78 Å². The normalized spacial score (nSPS) is 19.6. The summed E-state index contributed by atoms with van der Waals surface area (Å²) >= 11 is 1.60. The maximum atomic E-state index is 12.6. The maximum absolute atomic E-state index is 12.6. The van der Waals surface area contributed by atoms with E-state index in [1.807, 2.05) is 13.8 Å².